The first-order valence-corrected chi connectivity index (χ1v) is 5.66. The molecule has 2 atom stereocenters. The number of carbonyl (C=O) groups is 1. The molecule has 1 aromatic heterocycles. The van der Waals surface area contributed by atoms with Crippen LogP contribution in [-0.4, -0.2) is 28.4 Å². The number of pyridine rings is 1. The molecule has 2 unspecified atom stereocenters. The predicted octanol–water partition coefficient (Wildman–Crippen LogP) is 1.09. The van der Waals surface area contributed by atoms with Crippen LogP contribution in [0.5, 0.6) is 0 Å². The number of rotatable bonds is 2. The summed E-state index contributed by atoms with van der Waals surface area (Å²) in [6.45, 7) is 2.55. The molecule has 2 heterocycles. The van der Waals surface area contributed by atoms with Crippen LogP contribution >= 0.6 is 0 Å². The number of hydrogen-bond donors (Lipinski definition) is 1. The van der Waals surface area contributed by atoms with Crippen molar-refractivity contribution in [3.05, 3.63) is 30.1 Å². The van der Waals surface area contributed by atoms with Crippen molar-refractivity contribution in [3.8, 4) is 0 Å². The first-order valence-electron chi connectivity index (χ1n) is 5.66. The van der Waals surface area contributed by atoms with Gasteiger partial charge in [0.25, 0.3) is 0 Å². The average Bonchev–Trinajstić information content (AvgIpc) is 2.77. The van der Waals surface area contributed by atoms with Crippen LogP contribution in [-0.2, 0) is 4.79 Å². The monoisotopic (exact) mass is 219 g/mol. The molecule has 1 aliphatic heterocycles. The number of nitrogens with zero attached hydrogens (tertiary/aromatic N) is 2. The number of carbonyl (C=O) groups excluding carboxylic acids is 1. The number of aromatic nitrogens is 1. The molecule has 4 heteroatoms. The van der Waals surface area contributed by atoms with Crippen LogP contribution in [0, 0.1) is 0 Å². The summed E-state index contributed by atoms with van der Waals surface area (Å²) in [5.41, 5.74) is 6.81. The minimum atomic E-state index is -0.414. The highest BCUT2D eigenvalue weighted by Crippen LogP contribution is 2.31. The minimum Gasteiger partial charge on any atom is -0.334 e. The smallest absolute Gasteiger partial charge is 0.239 e. The second-order valence-corrected chi connectivity index (χ2v) is 4.26. The molecule has 2 rings (SSSR count). The van der Waals surface area contributed by atoms with Gasteiger partial charge in [-0.25, -0.2) is 0 Å². The zero-order valence-corrected chi connectivity index (χ0v) is 9.47. The van der Waals surface area contributed by atoms with E-state index in [0.717, 1.165) is 24.9 Å². The molecule has 0 saturated carbocycles. The Morgan fingerprint density at radius 2 is 2.25 bits per heavy atom. The van der Waals surface area contributed by atoms with Gasteiger partial charge in [0.1, 0.15) is 0 Å². The van der Waals surface area contributed by atoms with Gasteiger partial charge in [0.05, 0.1) is 12.1 Å². The summed E-state index contributed by atoms with van der Waals surface area (Å²) in [4.78, 5) is 17.8. The molecule has 16 heavy (non-hydrogen) atoms. The molecule has 86 valence electrons. The second-order valence-electron chi connectivity index (χ2n) is 4.26. The van der Waals surface area contributed by atoms with E-state index in [2.05, 4.69) is 4.98 Å². The summed E-state index contributed by atoms with van der Waals surface area (Å²) in [5.74, 6) is 0.0410. The van der Waals surface area contributed by atoms with E-state index in [1.54, 1.807) is 19.3 Å². The third-order valence-corrected chi connectivity index (χ3v) is 3.02. The van der Waals surface area contributed by atoms with Crippen molar-refractivity contribution in [3.63, 3.8) is 0 Å². The molecule has 1 amide bonds. The van der Waals surface area contributed by atoms with Crippen molar-refractivity contribution in [2.75, 3.05) is 6.54 Å². The van der Waals surface area contributed by atoms with Crippen molar-refractivity contribution >= 4 is 5.91 Å². The summed E-state index contributed by atoms with van der Waals surface area (Å²) in [7, 11) is 0. The van der Waals surface area contributed by atoms with Gasteiger partial charge in [0.2, 0.25) is 5.91 Å². The first kappa shape index (κ1) is 11.1. The van der Waals surface area contributed by atoms with Crippen LogP contribution in [0.4, 0.5) is 0 Å². The Morgan fingerprint density at radius 1 is 1.56 bits per heavy atom. The van der Waals surface area contributed by atoms with Gasteiger partial charge in [-0.1, -0.05) is 0 Å². The van der Waals surface area contributed by atoms with Crippen molar-refractivity contribution in [2.24, 2.45) is 5.73 Å². The van der Waals surface area contributed by atoms with E-state index in [0.29, 0.717) is 0 Å². The van der Waals surface area contributed by atoms with Crippen LogP contribution < -0.4 is 5.73 Å². The third-order valence-electron chi connectivity index (χ3n) is 3.02. The fraction of sp³-hybridized carbons (Fsp3) is 0.500. The van der Waals surface area contributed by atoms with Crippen LogP contribution in [0.25, 0.3) is 0 Å². The lowest BCUT2D eigenvalue weighted by Crippen LogP contribution is -2.41. The maximum absolute atomic E-state index is 11.9. The molecule has 0 bridgehead atoms. The van der Waals surface area contributed by atoms with Crippen molar-refractivity contribution < 1.29 is 4.79 Å². The predicted molar refractivity (Wildman–Crippen MR) is 61.6 cm³/mol. The van der Waals surface area contributed by atoms with E-state index in [-0.39, 0.29) is 11.9 Å². The second kappa shape index (κ2) is 4.61. The molecular weight excluding hydrogens is 202 g/mol. The topological polar surface area (TPSA) is 59.2 Å². The molecule has 0 aliphatic carbocycles. The Hall–Kier alpha value is -1.42. The van der Waals surface area contributed by atoms with Gasteiger partial charge in [-0.3, -0.25) is 9.78 Å². The Balaban J connectivity index is 2.19. The van der Waals surface area contributed by atoms with E-state index in [1.807, 2.05) is 17.0 Å². The highest BCUT2D eigenvalue weighted by Gasteiger charge is 2.30. The summed E-state index contributed by atoms with van der Waals surface area (Å²) in [5, 5.41) is 0. The van der Waals surface area contributed by atoms with Gasteiger partial charge in [0.15, 0.2) is 0 Å². The maximum Gasteiger partial charge on any atom is 0.239 e. The Morgan fingerprint density at radius 3 is 2.88 bits per heavy atom. The SMILES string of the molecule is CC(N)C(=O)N1CCCC1c1ccncc1. The summed E-state index contributed by atoms with van der Waals surface area (Å²) in [6.07, 6.45) is 5.60. The first-order chi connectivity index (χ1) is 7.70. The highest BCUT2D eigenvalue weighted by atomic mass is 16.2. The summed E-state index contributed by atoms with van der Waals surface area (Å²) < 4.78 is 0. The zero-order valence-electron chi connectivity index (χ0n) is 9.47. The lowest BCUT2D eigenvalue weighted by Gasteiger charge is -2.26. The molecular formula is C12H17N3O. The van der Waals surface area contributed by atoms with Gasteiger partial charge >= 0.3 is 0 Å². The summed E-state index contributed by atoms with van der Waals surface area (Å²) in [6, 6.07) is 3.71. The fourth-order valence-electron chi connectivity index (χ4n) is 2.22. The van der Waals surface area contributed by atoms with Gasteiger partial charge < -0.3 is 10.6 Å². The van der Waals surface area contributed by atoms with Gasteiger partial charge in [0, 0.05) is 18.9 Å². The van der Waals surface area contributed by atoms with Crippen LogP contribution in [0.2, 0.25) is 0 Å². The number of nitrogens with two attached hydrogens (primary N) is 1. The van der Waals surface area contributed by atoms with Crippen LogP contribution in [0.15, 0.2) is 24.5 Å². The molecule has 1 aromatic rings. The Kier molecular flexibility index (Phi) is 3.19. The van der Waals surface area contributed by atoms with E-state index in [9.17, 15) is 4.79 Å². The largest absolute Gasteiger partial charge is 0.334 e. The molecule has 1 fully saturated rings. The Bertz CT molecular complexity index is 364. The number of hydrogen-bond acceptors (Lipinski definition) is 3. The minimum absolute atomic E-state index is 0.0410. The lowest BCUT2D eigenvalue weighted by atomic mass is 10.1. The van der Waals surface area contributed by atoms with Crippen molar-refractivity contribution in [2.45, 2.75) is 31.8 Å². The standard InChI is InChI=1S/C12H17N3O/c1-9(13)12(16)15-8-2-3-11(15)10-4-6-14-7-5-10/h4-7,9,11H,2-3,8,13H2,1H3. The van der Waals surface area contributed by atoms with Gasteiger partial charge in [-0.2, -0.15) is 0 Å². The number of likely N-dealkylation sites (tertiary alicyclic amines) is 1. The lowest BCUT2D eigenvalue weighted by molar-refractivity contribution is -0.133. The molecule has 2 N–H and O–H groups in total. The number of amides is 1. The fourth-order valence-corrected chi connectivity index (χ4v) is 2.22. The summed E-state index contributed by atoms with van der Waals surface area (Å²) >= 11 is 0. The van der Waals surface area contributed by atoms with E-state index >= 15 is 0 Å². The maximum atomic E-state index is 11.9. The molecule has 0 aromatic carbocycles. The van der Waals surface area contributed by atoms with Crippen molar-refractivity contribution in [1.82, 2.24) is 9.88 Å². The molecule has 1 saturated heterocycles. The zero-order chi connectivity index (χ0) is 11.5. The quantitative estimate of drug-likeness (QED) is 0.810. The normalized spacial score (nSPS) is 22.1. The molecule has 4 nitrogen and oxygen atoms in total. The molecule has 0 radical (unpaired) electrons. The van der Waals surface area contributed by atoms with Crippen LogP contribution in [0.1, 0.15) is 31.4 Å². The third kappa shape index (κ3) is 2.07. The average molecular weight is 219 g/mol. The van der Waals surface area contributed by atoms with Crippen LogP contribution in [0.3, 0.4) is 0 Å². The molecule has 0 spiro atoms. The molecule has 1 aliphatic rings. The Labute approximate surface area is 95.5 Å². The van der Waals surface area contributed by atoms with Gasteiger partial charge in [-0.05, 0) is 37.5 Å². The van der Waals surface area contributed by atoms with Gasteiger partial charge in [-0.15, -0.1) is 0 Å². The highest BCUT2D eigenvalue weighted by molar-refractivity contribution is 5.81. The van der Waals surface area contributed by atoms with E-state index < -0.39 is 6.04 Å². The van der Waals surface area contributed by atoms with Crippen molar-refractivity contribution in [1.29, 1.82) is 0 Å². The van der Waals surface area contributed by atoms with E-state index in [4.69, 9.17) is 5.73 Å². The van der Waals surface area contributed by atoms with E-state index in [1.165, 1.54) is 0 Å².